The number of fused-ring (bicyclic) bond motifs is 2. The van der Waals surface area contributed by atoms with Crippen LogP contribution in [0.25, 0.3) is 0 Å². The fourth-order valence-corrected chi connectivity index (χ4v) is 3.54. The topological polar surface area (TPSA) is 66.5 Å². The fraction of sp³-hybridized carbons (Fsp3) is 0.538. The molecule has 0 aliphatic heterocycles. The molecular weight excluding hydrogens is 202 g/mol. The predicted octanol–water partition coefficient (Wildman–Crippen LogP) is 0.469. The van der Waals surface area contributed by atoms with Crippen LogP contribution in [-0.2, 0) is 0 Å². The summed E-state index contributed by atoms with van der Waals surface area (Å²) < 4.78 is 0. The zero-order valence-corrected chi connectivity index (χ0v) is 9.03. The second-order valence-corrected chi connectivity index (χ2v) is 5.06. The normalized spacial score (nSPS) is 46.2. The van der Waals surface area contributed by atoms with Gasteiger partial charge in [0.05, 0.1) is 12.2 Å². The van der Waals surface area contributed by atoms with Crippen molar-refractivity contribution < 1.29 is 10.2 Å². The van der Waals surface area contributed by atoms with Gasteiger partial charge in [-0.2, -0.15) is 0 Å². The van der Waals surface area contributed by atoms with Crippen LogP contribution in [0.15, 0.2) is 30.3 Å². The Morgan fingerprint density at radius 1 is 1.00 bits per heavy atom. The summed E-state index contributed by atoms with van der Waals surface area (Å²) >= 11 is 0. The second kappa shape index (κ2) is 3.55. The molecule has 2 aliphatic carbocycles. The molecule has 0 unspecified atom stereocenters. The molecule has 6 atom stereocenters. The van der Waals surface area contributed by atoms with Crippen LogP contribution in [0.3, 0.4) is 0 Å². The van der Waals surface area contributed by atoms with Gasteiger partial charge in [0.1, 0.15) is 0 Å². The van der Waals surface area contributed by atoms with Crippen LogP contribution in [0.2, 0.25) is 0 Å². The molecule has 2 saturated carbocycles. The highest BCUT2D eigenvalue weighted by molar-refractivity contribution is 5.28. The number of nitrogens with two attached hydrogens (primary N) is 1. The Labute approximate surface area is 94.9 Å². The SMILES string of the molecule is N[C@H]1[C@@H]2C[C@@H]([C@@H](O)[C@H]2O)[C@@H]1c1ccccc1. The van der Waals surface area contributed by atoms with E-state index < -0.39 is 12.2 Å². The number of rotatable bonds is 1. The first-order valence-corrected chi connectivity index (χ1v) is 5.87. The van der Waals surface area contributed by atoms with Gasteiger partial charge in [0, 0.05) is 17.9 Å². The Morgan fingerprint density at radius 3 is 2.25 bits per heavy atom. The maximum Gasteiger partial charge on any atom is 0.0845 e. The van der Waals surface area contributed by atoms with Gasteiger partial charge in [-0.25, -0.2) is 0 Å². The van der Waals surface area contributed by atoms with Gasteiger partial charge < -0.3 is 15.9 Å². The minimum atomic E-state index is -0.625. The first kappa shape index (κ1) is 10.3. The van der Waals surface area contributed by atoms with E-state index >= 15 is 0 Å². The standard InChI is InChI=1S/C13H17NO2/c14-11-9-6-8(12(15)13(9)16)10(11)7-4-2-1-3-5-7/h1-5,8-13,15-16H,6,14H2/t8-,9+,10+,11+,12-,13+/m1/s1. The molecule has 3 nitrogen and oxygen atoms in total. The van der Waals surface area contributed by atoms with Crippen molar-refractivity contribution in [1.29, 1.82) is 0 Å². The van der Waals surface area contributed by atoms with Gasteiger partial charge in [-0.05, 0) is 17.9 Å². The molecule has 2 fully saturated rings. The Hall–Kier alpha value is -0.900. The average molecular weight is 219 g/mol. The summed E-state index contributed by atoms with van der Waals surface area (Å²) in [5.41, 5.74) is 7.37. The monoisotopic (exact) mass is 219 g/mol. The highest BCUT2D eigenvalue weighted by atomic mass is 16.3. The highest BCUT2D eigenvalue weighted by Crippen LogP contribution is 2.52. The van der Waals surface area contributed by atoms with Crippen LogP contribution < -0.4 is 5.73 Å². The van der Waals surface area contributed by atoms with Crippen molar-refractivity contribution >= 4 is 0 Å². The van der Waals surface area contributed by atoms with Gasteiger partial charge in [-0.15, -0.1) is 0 Å². The lowest BCUT2D eigenvalue weighted by molar-refractivity contribution is -0.0288. The van der Waals surface area contributed by atoms with Gasteiger partial charge in [0.15, 0.2) is 0 Å². The Bertz CT molecular complexity index is 381. The van der Waals surface area contributed by atoms with Crippen molar-refractivity contribution in [2.24, 2.45) is 17.6 Å². The van der Waals surface area contributed by atoms with Crippen LogP contribution >= 0.6 is 0 Å². The van der Waals surface area contributed by atoms with Gasteiger partial charge >= 0.3 is 0 Å². The van der Waals surface area contributed by atoms with E-state index in [1.165, 1.54) is 5.56 Å². The van der Waals surface area contributed by atoms with Gasteiger partial charge in [-0.3, -0.25) is 0 Å². The van der Waals surface area contributed by atoms with Crippen LogP contribution in [0.1, 0.15) is 17.9 Å². The zero-order valence-electron chi connectivity index (χ0n) is 9.03. The smallest absolute Gasteiger partial charge is 0.0845 e. The molecule has 1 aromatic carbocycles. The van der Waals surface area contributed by atoms with E-state index in [-0.39, 0.29) is 23.8 Å². The lowest BCUT2D eigenvalue weighted by Gasteiger charge is -2.35. The Balaban J connectivity index is 1.94. The van der Waals surface area contributed by atoms with E-state index in [0.717, 1.165) is 6.42 Å². The number of hydrogen-bond donors (Lipinski definition) is 3. The summed E-state index contributed by atoms with van der Waals surface area (Å²) in [6.45, 7) is 0. The Morgan fingerprint density at radius 2 is 1.62 bits per heavy atom. The summed E-state index contributed by atoms with van der Waals surface area (Å²) in [6, 6.07) is 10.1. The third-order valence-corrected chi connectivity index (χ3v) is 4.33. The molecular formula is C13H17NO2. The van der Waals surface area contributed by atoms with Gasteiger partial charge in [0.25, 0.3) is 0 Å². The van der Waals surface area contributed by atoms with Crippen molar-refractivity contribution in [3.8, 4) is 0 Å². The van der Waals surface area contributed by atoms with Crippen LogP contribution in [0.4, 0.5) is 0 Å². The summed E-state index contributed by atoms with van der Waals surface area (Å²) in [7, 11) is 0. The van der Waals surface area contributed by atoms with E-state index in [1.54, 1.807) is 0 Å². The van der Waals surface area contributed by atoms with E-state index in [9.17, 15) is 10.2 Å². The highest BCUT2D eigenvalue weighted by Gasteiger charge is 2.56. The molecule has 1 aromatic rings. The van der Waals surface area contributed by atoms with Crippen molar-refractivity contribution in [2.45, 2.75) is 30.6 Å². The maximum absolute atomic E-state index is 9.93. The first-order valence-electron chi connectivity index (χ1n) is 5.87. The van der Waals surface area contributed by atoms with E-state index in [2.05, 4.69) is 12.1 Å². The molecule has 0 heterocycles. The number of aliphatic hydroxyl groups is 2. The summed E-state index contributed by atoms with van der Waals surface area (Å²) in [4.78, 5) is 0. The molecule has 4 N–H and O–H groups in total. The quantitative estimate of drug-likeness (QED) is 0.643. The van der Waals surface area contributed by atoms with Gasteiger partial charge in [-0.1, -0.05) is 30.3 Å². The van der Waals surface area contributed by atoms with E-state index in [1.807, 2.05) is 18.2 Å². The van der Waals surface area contributed by atoms with Crippen LogP contribution in [-0.4, -0.2) is 28.5 Å². The van der Waals surface area contributed by atoms with Crippen molar-refractivity contribution in [3.63, 3.8) is 0 Å². The largest absolute Gasteiger partial charge is 0.390 e. The van der Waals surface area contributed by atoms with Gasteiger partial charge in [0.2, 0.25) is 0 Å². The maximum atomic E-state index is 9.93. The van der Waals surface area contributed by atoms with Crippen LogP contribution in [0, 0.1) is 11.8 Å². The predicted molar refractivity (Wildman–Crippen MR) is 60.8 cm³/mol. The molecule has 3 rings (SSSR count). The number of hydrogen-bond acceptors (Lipinski definition) is 3. The summed E-state index contributed by atoms with van der Waals surface area (Å²) in [5, 5.41) is 19.7. The molecule has 2 bridgehead atoms. The number of aliphatic hydroxyl groups excluding tert-OH is 2. The number of benzene rings is 1. The minimum absolute atomic E-state index is 0.0224. The summed E-state index contributed by atoms with van der Waals surface area (Å²) in [5.74, 6) is 0.382. The fourth-order valence-electron chi connectivity index (χ4n) is 3.54. The Kier molecular flexibility index (Phi) is 2.28. The molecule has 3 heteroatoms. The molecule has 0 amide bonds. The summed E-state index contributed by atoms with van der Waals surface area (Å²) in [6.07, 6.45) is -0.377. The zero-order chi connectivity index (χ0) is 11.3. The van der Waals surface area contributed by atoms with E-state index in [4.69, 9.17) is 5.73 Å². The van der Waals surface area contributed by atoms with Crippen molar-refractivity contribution in [1.82, 2.24) is 0 Å². The van der Waals surface area contributed by atoms with E-state index in [0.29, 0.717) is 0 Å². The lowest BCUT2D eigenvalue weighted by Crippen LogP contribution is -2.47. The molecule has 2 aliphatic rings. The van der Waals surface area contributed by atoms with Crippen molar-refractivity contribution in [2.75, 3.05) is 0 Å². The first-order chi connectivity index (χ1) is 7.70. The van der Waals surface area contributed by atoms with Crippen molar-refractivity contribution in [3.05, 3.63) is 35.9 Å². The molecule has 86 valence electrons. The molecule has 0 spiro atoms. The second-order valence-electron chi connectivity index (χ2n) is 5.06. The lowest BCUT2D eigenvalue weighted by atomic mass is 9.77. The average Bonchev–Trinajstić information content (AvgIpc) is 2.78. The molecule has 0 saturated heterocycles. The minimum Gasteiger partial charge on any atom is -0.390 e. The molecule has 16 heavy (non-hydrogen) atoms. The molecule has 0 aromatic heterocycles. The third-order valence-electron chi connectivity index (χ3n) is 4.33. The van der Waals surface area contributed by atoms with Crippen LogP contribution in [0.5, 0.6) is 0 Å². The third kappa shape index (κ3) is 1.25. The molecule has 0 radical (unpaired) electrons.